The molecule has 2 amide bonds. The molecular weight excluding hydrogens is 535 g/mol. The molecule has 0 spiro atoms. The third-order valence-electron chi connectivity index (χ3n) is 6.41. The maximum atomic E-state index is 13.6. The highest BCUT2D eigenvalue weighted by Crippen LogP contribution is 2.32. The number of thioether (sulfide) groups is 1. The molecule has 0 atom stereocenters. The van der Waals surface area contributed by atoms with Gasteiger partial charge < -0.3 is 19.5 Å². The molecule has 0 saturated carbocycles. The van der Waals surface area contributed by atoms with Crippen molar-refractivity contribution < 1.29 is 27.5 Å². The van der Waals surface area contributed by atoms with Crippen LogP contribution in [0.15, 0.2) is 58.5 Å². The second-order valence-corrected chi connectivity index (χ2v) is 9.78. The molecule has 13 heteroatoms. The van der Waals surface area contributed by atoms with Crippen molar-refractivity contribution in [1.29, 1.82) is 0 Å². The smallest absolute Gasteiger partial charge is 0.416 e. The number of aromatic nitrogens is 3. The Bertz CT molecular complexity index is 1610. The lowest BCUT2D eigenvalue weighted by molar-refractivity contribution is -0.137. The minimum absolute atomic E-state index is 0.0131. The molecule has 0 bridgehead atoms. The number of carbonyl (C=O) groups excluding carboxylic acids is 2. The number of carbonyl (C=O) groups is 2. The summed E-state index contributed by atoms with van der Waals surface area (Å²) in [5.74, 6) is -0.342. The number of H-pyrrole nitrogens is 1. The molecule has 1 saturated heterocycles. The topological polar surface area (TPSA) is 101 Å². The van der Waals surface area contributed by atoms with Gasteiger partial charge in [0.15, 0.2) is 5.16 Å². The molecule has 1 fully saturated rings. The van der Waals surface area contributed by atoms with Crippen LogP contribution >= 0.6 is 11.8 Å². The number of fused-ring (bicyclic) bond motifs is 3. The number of aromatic amines is 1. The van der Waals surface area contributed by atoms with E-state index in [0.717, 1.165) is 28.5 Å². The SMILES string of the molecule is CCOC(=O)N1CCN(C(=O)CSc2nc3c([nH]c4ccccc43)c(=O)n2-c2cccc(C(F)(F)F)c2)CC1. The van der Waals surface area contributed by atoms with Crippen LogP contribution in [0, 0.1) is 0 Å². The summed E-state index contributed by atoms with van der Waals surface area (Å²) in [7, 11) is 0. The fourth-order valence-electron chi connectivity index (χ4n) is 4.46. The van der Waals surface area contributed by atoms with Crippen molar-refractivity contribution in [3.63, 3.8) is 0 Å². The van der Waals surface area contributed by atoms with Gasteiger partial charge in [0.25, 0.3) is 5.56 Å². The van der Waals surface area contributed by atoms with Gasteiger partial charge in [-0.05, 0) is 31.2 Å². The van der Waals surface area contributed by atoms with Gasteiger partial charge in [-0.25, -0.2) is 9.78 Å². The molecule has 204 valence electrons. The van der Waals surface area contributed by atoms with Crippen molar-refractivity contribution in [2.75, 3.05) is 38.5 Å². The lowest BCUT2D eigenvalue weighted by atomic mass is 10.2. The van der Waals surface area contributed by atoms with E-state index in [-0.39, 0.29) is 34.6 Å². The molecule has 9 nitrogen and oxygen atoms in total. The first-order chi connectivity index (χ1) is 18.7. The highest BCUT2D eigenvalue weighted by atomic mass is 32.2. The van der Waals surface area contributed by atoms with Gasteiger partial charge in [0.1, 0.15) is 11.0 Å². The van der Waals surface area contributed by atoms with Crippen LogP contribution in [0.4, 0.5) is 18.0 Å². The predicted octanol–water partition coefficient (Wildman–Crippen LogP) is 4.28. The molecule has 5 rings (SSSR count). The average molecular weight is 560 g/mol. The molecule has 1 aliphatic heterocycles. The lowest BCUT2D eigenvalue weighted by Crippen LogP contribution is -2.51. The van der Waals surface area contributed by atoms with Gasteiger partial charge in [0.2, 0.25) is 5.91 Å². The largest absolute Gasteiger partial charge is 0.450 e. The van der Waals surface area contributed by atoms with Crippen molar-refractivity contribution in [3.05, 3.63) is 64.4 Å². The fourth-order valence-corrected chi connectivity index (χ4v) is 5.37. The van der Waals surface area contributed by atoms with E-state index in [0.29, 0.717) is 42.6 Å². The highest BCUT2D eigenvalue weighted by Gasteiger charge is 2.31. The maximum absolute atomic E-state index is 13.6. The van der Waals surface area contributed by atoms with E-state index in [1.807, 2.05) is 0 Å². The van der Waals surface area contributed by atoms with Crippen LogP contribution in [0.1, 0.15) is 12.5 Å². The quantitative estimate of drug-likeness (QED) is 0.290. The first-order valence-electron chi connectivity index (χ1n) is 12.2. The van der Waals surface area contributed by atoms with Gasteiger partial charge in [0, 0.05) is 37.1 Å². The van der Waals surface area contributed by atoms with Gasteiger partial charge in [0.05, 0.1) is 23.6 Å². The molecule has 0 unspecified atom stereocenters. The Hall–Kier alpha value is -4.00. The summed E-state index contributed by atoms with van der Waals surface area (Å²) in [6.07, 6.45) is -5.03. The van der Waals surface area contributed by atoms with Gasteiger partial charge in [-0.3, -0.25) is 14.2 Å². The Morgan fingerprint density at radius 1 is 1.05 bits per heavy atom. The van der Waals surface area contributed by atoms with Crippen molar-refractivity contribution in [3.8, 4) is 5.69 Å². The van der Waals surface area contributed by atoms with Crippen molar-refractivity contribution >= 4 is 45.7 Å². The predicted molar refractivity (Wildman–Crippen MR) is 140 cm³/mol. The van der Waals surface area contributed by atoms with E-state index in [1.165, 1.54) is 17.0 Å². The summed E-state index contributed by atoms with van der Waals surface area (Å²) >= 11 is 0.973. The van der Waals surface area contributed by atoms with Crippen LogP contribution in [0.5, 0.6) is 0 Å². The Morgan fingerprint density at radius 2 is 1.77 bits per heavy atom. The normalized spacial score (nSPS) is 14.3. The molecule has 4 aromatic rings. The summed E-state index contributed by atoms with van der Waals surface area (Å²) in [6.45, 7) is 3.25. The third kappa shape index (κ3) is 5.31. The number of halogens is 3. The van der Waals surface area contributed by atoms with Gasteiger partial charge in [-0.1, -0.05) is 36.0 Å². The average Bonchev–Trinajstić information content (AvgIpc) is 3.30. The molecule has 0 aliphatic carbocycles. The van der Waals surface area contributed by atoms with Crippen LogP contribution in [-0.4, -0.2) is 74.9 Å². The number of piperazine rings is 1. The molecular formula is C26H24F3N5O4S. The highest BCUT2D eigenvalue weighted by molar-refractivity contribution is 7.99. The van der Waals surface area contributed by atoms with Gasteiger partial charge >= 0.3 is 12.3 Å². The van der Waals surface area contributed by atoms with Crippen LogP contribution in [0.3, 0.4) is 0 Å². The number of para-hydroxylation sites is 1. The van der Waals surface area contributed by atoms with E-state index < -0.39 is 23.4 Å². The van der Waals surface area contributed by atoms with Crippen molar-refractivity contribution in [2.45, 2.75) is 18.3 Å². The first-order valence-corrected chi connectivity index (χ1v) is 13.2. The van der Waals surface area contributed by atoms with E-state index in [4.69, 9.17) is 4.74 Å². The fraction of sp³-hybridized carbons (Fsp3) is 0.308. The Morgan fingerprint density at radius 3 is 2.49 bits per heavy atom. The molecule has 1 N–H and O–H groups in total. The molecule has 3 heterocycles. The zero-order chi connectivity index (χ0) is 27.7. The maximum Gasteiger partial charge on any atom is 0.416 e. The summed E-state index contributed by atoms with van der Waals surface area (Å²) in [4.78, 5) is 49.4. The number of nitrogens with one attached hydrogen (secondary N) is 1. The van der Waals surface area contributed by atoms with E-state index >= 15 is 0 Å². The zero-order valence-corrected chi connectivity index (χ0v) is 21.6. The van der Waals surface area contributed by atoms with E-state index in [9.17, 15) is 27.6 Å². The number of ether oxygens (including phenoxy) is 1. The number of benzene rings is 2. The Labute approximate surface area is 224 Å². The molecule has 1 aliphatic rings. The van der Waals surface area contributed by atoms with Crippen molar-refractivity contribution in [2.24, 2.45) is 0 Å². The summed E-state index contributed by atoms with van der Waals surface area (Å²) in [6, 6.07) is 11.6. The first kappa shape index (κ1) is 26.6. The second kappa shape index (κ2) is 10.6. The number of amides is 2. The van der Waals surface area contributed by atoms with Crippen LogP contribution in [0.2, 0.25) is 0 Å². The van der Waals surface area contributed by atoms with Crippen molar-refractivity contribution in [1.82, 2.24) is 24.3 Å². The van der Waals surface area contributed by atoms with Crippen LogP contribution in [-0.2, 0) is 15.7 Å². The monoisotopic (exact) mass is 559 g/mol. The van der Waals surface area contributed by atoms with Gasteiger partial charge in [-0.2, -0.15) is 13.2 Å². The number of alkyl halides is 3. The number of nitrogens with zero attached hydrogens (tertiary/aromatic N) is 4. The molecule has 39 heavy (non-hydrogen) atoms. The Balaban J connectivity index is 1.47. The minimum Gasteiger partial charge on any atom is -0.450 e. The van der Waals surface area contributed by atoms with Crippen LogP contribution in [0.25, 0.3) is 27.6 Å². The summed E-state index contributed by atoms with van der Waals surface area (Å²) in [5.41, 5.74) is -0.314. The lowest BCUT2D eigenvalue weighted by Gasteiger charge is -2.34. The van der Waals surface area contributed by atoms with Crippen LogP contribution < -0.4 is 5.56 Å². The zero-order valence-electron chi connectivity index (χ0n) is 20.8. The summed E-state index contributed by atoms with van der Waals surface area (Å²) in [5, 5.41) is 0.777. The standard InChI is InChI=1S/C26H24F3N5O4S/c1-2-38-25(37)33-12-10-32(11-13-33)20(35)15-39-24-31-21-18-8-3-4-9-19(18)30-22(21)23(36)34(24)17-7-5-6-16(14-17)26(27,28)29/h3-9,14,30H,2,10-13,15H2,1H3. The Kier molecular flexibility index (Phi) is 7.25. The van der Waals surface area contributed by atoms with E-state index in [1.54, 1.807) is 36.1 Å². The second-order valence-electron chi connectivity index (χ2n) is 8.83. The van der Waals surface area contributed by atoms with Gasteiger partial charge in [-0.15, -0.1) is 0 Å². The number of hydrogen-bond donors (Lipinski definition) is 1. The summed E-state index contributed by atoms with van der Waals surface area (Å²) < 4.78 is 46.5. The molecule has 0 radical (unpaired) electrons. The van der Waals surface area contributed by atoms with E-state index in [2.05, 4.69) is 9.97 Å². The number of hydrogen-bond acceptors (Lipinski definition) is 6. The molecule has 2 aromatic heterocycles. The third-order valence-corrected chi connectivity index (χ3v) is 7.33. The molecule has 2 aromatic carbocycles. The number of rotatable bonds is 5. The minimum atomic E-state index is -4.60.